The maximum absolute atomic E-state index is 9.27. The summed E-state index contributed by atoms with van der Waals surface area (Å²) in [7, 11) is 0. The van der Waals surface area contributed by atoms with Crippen LogP contribution in [0.4, 0.5) is 0 Å². The number of aryl methyl sites for hydroxylation is 1. The van der Waals surface area contributed by atoms with Gasteiger partial charge in [-0.25, -0.2) is 4.98 Å². The number of aromatic nitrogens is 1. The van der Waals surface area contributed by atoms with Crippen LogP contribution in [0.1, 0.15) is 17.0 Å². The Bertz CT molecular complexity index is 515. The van der Waals surface area contributed by atoms with E-state index in [1.807, 2.05) is 31.2 Å². The van der Waals surface area contributed by atoms with Crippen molar-refractivity contribution in [2.75, 3.05) is 0 Å². The molecule has 1 aromatic carbocycles. The fourth-order valence-corrected chi connectivity index (χ4v) is 1.33. The molecule has 0 saturated heterocycles. The number of aromatic hydroxyl groups is 1. The van der Waals surface area contributed by atoms with E-state index >= 15 is 0 Å². The largest absolute Gasteiger partial charge is 0.508 e. The summed E-state index contributed by atoms with van der Waals surface area (Å²) >= 11 is 0. The highest BCUT2D eigenvalue weighted by molar-refractivity contribution is 5.43. The SMILES string of the molecule is Cc1cccc(C#Cc2cccc(O)c2)n1. The van der Waals surface area contributed by atoms with Gasteiger partial charge < -0.3 is 5.11 Å². The topological polar surface area (TPSA) is 33.1 Å². The highest BCUT2D eigenvalue weighted by Crippen LogP contribution is 2.09. The fraction of sp³-hybridized carbons (Fsp3) is 0.0714. The predicted molar refractivity (Wildman–Crippen MR) is 63.1 cm³/mol. The summed E-state index contributed by atoms with van der Waals surface area (Å²) in [6.07, 6.45) is 0. The van der Waals surface area contributed by atoms with Crippen molar-refractivity contribution in [2.24, 2.45) is 0 Å². The van der Waals surface area contributed by atoms with E-state index in [0.717, 1.165) is 17.0 Å². The zero-order chi connectivity index (χ0) is 11.4. The monoisotopic (exact) mass is 209 g/mol. The van der Waals surface area contributed by atoms with Gasteiger partial charge in [-0.2, -0.15) is 0 Å². The molecule has 1 N–H and O–H groups in total. The molecule has 0 saturated carbocycles. The quantitative estimate of drug-likeness (QED) is 0.676. The third-order valence-corrected chi connectivity index (χ3v) is 2.07. The van der Waals surface area contributed by atoms with Crippen molar-refractivity contribution in [3.63, 3.8) is 0 Å². The molecule has 2 aromatic rings. The van der Waals surface area contributed by atoms with Gasteiger partial charge >= 0.3 is 0 Å². The molecule has 78 valence electrons. The Morgan fingerprint density at radius 3 is 2.62 bits per heavy atom. The molecular weight excluding hydrogens is 198 g/mol. The second-order valence-corrected chi connectivity index (χ2v) is 3.46. The van der Waals surface area contributed by atoms with Crippen LogP contribution >= 0.6 is 0 Å². The van der Waals surface area contributed by atoms with E-state index in [1.165, 1.54) is 0 Å². The van der Waals surface area contributed by atoms with Crippen molar-refractivity contribution in [2.45, 2.75) is 6.92 Å². The molecule has 2 heteroatoms. The molecule has 2 nitrogen and oxygen atoms in total. The van der Waals surface area contributed by atoms with E-state index in [4.69, 9.17) is 0 Å². The highest BCUT2D eigenvalue weighted by atomic mass is 16.3. The first kappa shape index (κ1) is 10.3. The van der Waals surface area contributed by atoms with Gasteiger partial charge in [0.1, 0.15) is 11.4 Å². The maximum Gasteiger partial charge on any atom is 0.116 e. The van der Waals surface area contributed by atoms with Crippen molar-refractivity contribution >= 4 is 0 Å². The maximum atomic E-state index is 9.27. The lowest BCUT2D eigenvalue weighted by atomic mass is 10.2. The molecule has 0 aliphatic rings. The van der Waals surface area contributed by atoms with Crippen molar-refractivity contribution < 1.29 is 5.11 Å². The lowest BCUT2D eigenvalue weighted by Crippen LogP contribution is -1.84. The average molecular weight is 209 g/mol. The van der Waals surface area contributed by atoms with Crippen molar-refractivity contribution in [3.8, 4) is 17.6 Å². The molecule has 0 spiro atoms. The predicted octanol–water partition coefficient (Wildman–Crippen LogP) is 2.50. The lowest BCUT2D eigenvalue weighted by molar-refractivity contribution is 0.475. The molecule has 16 heavy (non-hydrogen) atoms. The van der Waals surface area contributed by atoms with Gasteiger partial charge in [-0.15, -0.1) is 0 Å². The minimum atomic E-state index is 0.226. The molecule has 0 radical (unpaired) electrons. The number of phenolic OH excluding ortho intramolecular Hbond substituents is 1. The Labute approximate surface area is 94.6 Å². The summed E-state index contributed by atoms with van der Waals surface area (Å²) in [5.41, 5.74) is 2.47. The Hall–Kier alpha value is -2.27. The van der Waals surface area contributed by atoms with Gasteiger partial charge in [0.2, 0.25) is 0 Å². The molecule has 0 unspecified atom stereocenters. The summed E-state index contributed by atoms with van der Waals surface area (Å²) in [4.78, 5) is 4.27. The average Bonchev–Trinajstić information content (AvgIpc) is 2.27. The number of phenols is 1. The summed E-state index contributed by atoms with van der Waals surface area (Å²) in [5.74, 6) is 6.14. The van der Waals surface area contributed by atoms with Crippen LogP contribution in [0.3, 0.4) is 0 Å². The Morgan fingerprint density at radius 2 is 1.88 bits per heavy atom. The second kappa shape index (κ2) is 4.50. The van der Waals surface area contributed by atoms with Gasteiger partial charge in [0, 0.05) is 11.3 Å². The summed E-state index contributed by atoms with van der Waals surface area (Å²) in [5, 5.41) is 9.27. The van der Waals surface area contributed by atoms with Gasteiger partial charge in [0.25, 0.3) is 0 Å². The molecule has 0 aliphatic carbocycles. The number of nitrogens with zero attached hydrogens (tertiary/aromatic N) is 1. The van der Waals surface area contributed by atoms with Crippen LogP contribution in [0.2, 0.25) is 0 Å². The van der Waals surface area contributed by atoms with Crippen LogP contribution in [0.25, 0.3) is 0 Å². The number of rotatable bonds is 0. The summed E-state index contributed by atoms with van der Waals surface area (Å²) < 4.78 is 0. The summed E-state index contributed by atoms with van der Waals surface area (Å²) in [6.45, 7) is 1.93. The van der Waals surface area contributed by atoms with E-state index in [2.05, 4.69) is 16.8 Å². The second-order valence-electron chi connectivity index (χ2n) is 3.46. The first-order valence-corrected chi connectivity index (χ1v) is 4.99. The van der Waals surface area contributed by atoms with Crippen LogP contribution in [-0.4, -0.2) is 10.1 Å². The lowest BCUT2D eigenvalue weighted by Gasteiger charge is -1.93. The molecule has 0 aliphatic heterocycles. The van der Waals surface area contributed by atoms with Crippen LogP contribution in [0.15, 0.2) is 42.5 Å². The molecular formula is C14H11NO. The molecule has 1 aromatic heterocycles. The molecule has 2 rings (SSSR count). The van der Waals surface area contributed by atoms with Crippen LogP contribution < -0.4 is 0 Å². The van der Waals surface area contributed by atoms with Crippen molar-refractivity contribution in [3.05, 3.63) is 59.4 Å². The van der Waals surface area contributed by atoms with E-state index in [-0.39, 0.29) is 5.75 Å². The van der Waals surface area contributed by atoms with Gasteiger partial charge in [-0.05, 0) is 43.2 Å². The van der Waals surface area contributed by atoms with Crippen LogP contribution in [-0.2, 0) is 0 Å². The van der Waals surface area contributed by atoms with Crippen molar-refractivity contribution in [1.82, 2.24) is 4.98 Å². The van der Waals surface area contributed by atoms with Gasteiger partial charge in [-0.3, -0.25) is 0 Å². The summed E-state index contributed by atoms with van der Waals surface area (Å²) in [6, 6.07) is 12.6. The number of hydrogen-bond donors (Lipinski definition) is 1. The minimum Gasteiger partial charge on any atom is -0.508 e. The van der Waals surface area contributed by atoms with Gasteiger partial charge in [-0.1, -0.05) is 18.1 Å². The van der Waals surface area contributed by atoms with E-state index in [1.54, 1.807) is 18.2 Å². The Morgan fingerprint density at radius 1 is 1.06 bits per heavy atom. The third kappa shape index (κ3) is 2.61. The minimum absolute atomic E-state index is 0.226. The standard InChI is InChI=1S/C14H11NO/c1-11-4-2-6-13(15-11)9-8-12-5-3-7-14(16)10-12/h2-7,10,16H,1H3. The molecule has 1 heterocycles. The van der Waals surface area contributed by atoms with E-state index < -0.39 is 0 Å². The van der Waals surface area contributed by atoms with E-state index in [0.29, 0.717) is 0 Å². The first-order chi connectivity index (χ1) is 7.74. The highest BCUT2D eigenvalue weighted by Gasteiger charge is 1.90. The molecule has 0 fully saturated rings. The molecule has 0 bridgehead atoms. The molecule has 0 amide bonds. The van der Waals surface area contributed by atoms with Crippen molar-refractivity contribution in [1.29, 1.82) is 0 Å². The first-order valence-electron chi connectivity index (χ1n) is 4.99. The smallest absolute Gasteiger partial charge is 0.116 e. The normalized spacial score (nSPS) is 9.31. The Balaban J connectivity index is 2.28. The van der Waals surface area contributed by atoms with Gasteiger partial charge in [0.15, 0.2) is 0 Å². The zero-order valence-corrected chi connectivity index (χ0v) is 8.94. The number of benzene rings is 1. The van der Waals surface area contributed by atoms with Crippen LogP contribution in [0, 0.1) is 18.8 Å². The third-order valence-electron chi connectivity index (χ3n) is 2.07. The Kier molecular flexibility index (Phi) is 2.88. The van der Waals surface area contributed by atoms with E-state index in [9.17, 15) is 5.11 Å². The number of hydrogen-bond acceptors (Lipinski definition) is 2. The molecule has 0 atom stereocenters. The van der Waals surface area contributed by atoms with Gasteiger partial charge in [0.05, 0.1) is 0 Å². The number of pyridine rings is 1. The van der Waals surface area contributed by atoms with Crippen LogP contribution in [0.5, 0.6) is 5.75 Å². The zero-order valence-electron chi connectivity index (χ0n) is 8.94. The fourth-order valence-electron chi connectivity index (χ4n) is 1.33.